The van der Waals surface area contributed by atoms with Gasteiger partial charge in [-0.3, -0.25) is 9.69 Å². The molecule has 36 heavy (non-hydrogen) atoms. The molecule has 0 atom stereocenters. The maximum absolute atomic E-state index is 13.1. The third-order valence-corrected chi connectivity index (χ3v) is 7.00. The lowest BCUT2D eigenvalue weighted by Gasteiger charge is -2.16. The molecule has 0 bridgehead atoms. The highest BCUT2D eigenvalue weighted by Crippen LogP contribution is 2.39. The van der Waals surface area contributed by atoms with E-state index in [1.165, 1.54) is 19.2 Å². The molecular formula is C25H16Cl2F3NO3S2. The van der Waals surface area contributed by atoms with Crippen LogP contribution in [0.5, 0.6) is 11.5 Å². The van der Waals surface area contributed by atoms with E-state index in [0.717, 1.165) is 34.4 Å². The summed E-state index contributed by atoms with van der Waals surface area (Å²) in [4.78, 5) is 14.4. The number of halogens is 5. The molecule has 1 amide bonds. The number of thioether (sulfide) groups is 1. The van der Waals surface area contributed by atoms with E-state index in [1.807, 2.05) is 0 Å². The molecule has 0 aliphatic carbocycles. The first-order valence-corrected chi connectivity index (χ1v) is 12.2. The third-order valence-electron chi connectivity index (χ3n) is 5.11. The number of methoxy groups -OCH3 is 1. The molecule has 0 saturated carbocycles. The van der Waals surface area contributed by atoms with Crippen LogP contribution in [0, 0.1) is 0 Å². The minimum absolute atomic E-state index is 0.0536. The molecule has 1 aliphatic heterocycles. The number of carbonyl (C=O) groups excluding carboxylic acids is 1. The van der Waals surface area contributed by atoms with Gasteiger partial charge in [0.1, 0.15) is 6.61 Å². The smallest absolute Gasteiger partial charge is 0.416 e. The number of hydrogen-bond acceptors (Lipinski definition) is 5. The Hall–Kier alpha value is -2.72. The number of thiocarbonyl (C=S) groups is 1. The van der Waals surface area contributed by atoms with E-state index in [1.54, 1.807) is 42.5 Å². The molecule has 0 aromatic heterocycles. The Labute approximate surface area is 224 Å². The Morgan fingerprint density at radius 2 is 1.83 bits per heavy atom. The maximum atomic E-state index is 13.1. The Morgan fingerprint density at radius 1 is 1.06 bits per heavy atom. The van der Waals surface area contributed by atoms with Crippen molar-refractivity contribution in [1.82, 2.24) is 0 Å². The summed E-state index contributed by atoms with van der Waals surface area (Å²) in [5.41, 5.74) is 0.551. The molecule has 1 heterocycles. The van der Waals surface area contributed by atoms with Crippen LogP contribution in [0.2, 0.25) is 10.0 Å². The molecule has 1 aliphatic rings. The minimum atomic E-state index is -4.54. The summed E-state index contributed by atoms with van der Waals surface area (Å²) in [6, 6.07) is 14.7. The van der Waals surface area contributed by atoms with Crippen LogP contribution in [0.4, 0.5) is 18.9 Å². The summed E-state index contributed by atoms with van der Waals surface area (Å²) in [5.74, 6) is 0.361. The molecule has 0 spiro atoms. The van der Waals surface area contributed by atoms with Gasteiger partial charge in [0.25, 0.3) is 5.91 Å². The van der Waals surface area contributed by atoms with Crippen molar-refractivity contribution in [3.8, 4) is 11.5 Å². The molecule has 0 N–H and O–H groups in total. The van der Waals surface area contributed by atoms with Crippen LogP contribution in [0.15, 0.2) is 65.6 Å². The fraction of sp³-hybridized carbons (Fsp3) is 0.120. The minimum Gasteiger partial charge on any atom is -0.493 e. The molecule has 3 aromatic rings. The first-order chi connectivity index (χ1) is 17.1. The van der Waals surface area contributed by atoms with Crippen LogP contribution < -0.4 is 14.4 Å². The van der Waals surface area contributed by atoms with Crippen molar-refractivity contribution in [2.75, 3.05) is 12.0 Å². The number of rotatable bonds is 6. The van der Waals surface area contributed by atoms with Gasteiger partial charge >= 0.3 is 6.18 Å². The van der Waals surface area contributed by atoms with Gasteiger partial charge in [-0.15, -0.1) is 0 Å². The lowest BCUT2D eigenvalue weighted by atomic mass is 10.1. The van der Waals surface area contributed by atoms with Gasteiger partial charge in [0.05, 0.1) is 23.3 Å². The van der Waals surface area contributed by atoms with Crippen LogP contribution in [0.25, 0.3) is 6.08 Å². The zero-order valence-corrected chi connectivity index (χ0v) is 21.6. The first-order valence-electron chi connectivity index (χ1n) is 10.3. The molecule has 4 nitrogen and oxygen atoms in total. The van der Waals surface area contributed by atoms with Gasteiger partial charge in [-0.2, -0.15) is 13.2 Å². The summed E-state index contributed by atoms with van der Waals surface area (Å²) in [6.45, 7) is 0.182. The number of nitrogens with zero attached hydrogens (tertiary/aromatic N) is 1. The van der Waals surface area contributed by atoms with E-state index in [4.69, 9.17) is 44.9 Å². The van der Waals surface area contributed by atoms with E-state index in [9.17, 15) is 18.0 Å². The molecule has 186 valence electrons. The second-order valence-electron chi connectivity index (χ2n) is 7.50. The average Bonchev–Trinajstić information content (AvgIpc) is 3.11. The van der Waals surface area contributed by atoms with Crippen molar-refractivity contribution in [2.24, 2.45) is 0 Å². The number of carbonyl (C=O) groups is 1. The predicted octanol–water partition coefficient (Wildman–Crippen LogP) is 8.01. The Balaban J connectivity index is 1.54. The molecule has 1 saturated heterocycles. The van der Waals surface area contributed by atoms with Crippen LogP contribution in [-0.4, -0.2) is 17.3 Å². The topological polar surface area (TPSA) is 38.8 Å². The van der Waals surface area contributed by atoms with Crippen molar-refractivity contribution in [3.05, 3.63) is 92.3 Å². The van der Waals surface area contributed by atoms with Gasteiger partial charge < -0.3 is 9.47 Å². The second-order valence-corrected chi connectivity index (χ2v) is 10.0. The highest BCUT2D eigenvalue weighted by molar-refractivity contribution is 8.27. The second kappa shape index (κ2) is 10.7. The lowest BCUT2D eigenvalue weighted by molar-refractivity contribution is -0.137. The monoisotopic (exact) mass is 569 g/mol. The fourth-order valence-corrected chi connectivity index (χ4v) is 5.11. The summed E-state index contributed by atoms with van der Waals surface area (Å²) in [5, 5.41) is 0.991. The number of alkyl halides is 3. The number of benzene rings is 3. The summed E-state index contributed by atoms with van der Waals surface area (Å²) < 4.78 is 50.8. The lowest BCUT2D eigenvalue weighted by Crippen LogP contribution is -2.27. The molecule has 4 rings (SSSR count). The zero-order valence-electron chi connectivity index (χ0n) is 18.4. The van der Waals surface area contributed by atoms with Crippen LogP contribution >= 0.6 is 47.2 Å². The van der Waals surface area contributed by atoms with E-state index >= 15 is 0 Å². The standard InChI is InChI=1S/C25H16Cl2F3NO3S2/c1-33-21-9-14(5-8-20(21)34-13-15-6-7-17(26)12-19(15)27)10-22-23(32)31(24(35)36-22)18-4-2-3-16(11-18)25(28,29)30/h2-12H,13H2,1H3/b22-10-. The number of ether oxygens (including phenoxy) is 2. The van der Waals surface area contributed by atoms with Crippen molar-refractivity contribution in [3.63, 3.8) is 0 Å². The molecule has 1 fully saturated rings. The third kappa shape index (κ3) is 5.81. The van der Waals surface area contributed by atoms with Crippen LogP contribution in [0.3, 0.4) is 0 Å². The summed E-state index contributed by atoms with van der Waals surface area (Å²) >= 11 is 18.4. The van der Waals surface area contributed by atoms with Crippen molar-refractivity contribution >= 4 is 69.2 Å². The SMILES string of the molecule is COc1cc(/C=C2\SC(=S)N(c3cccc(C(F)(F)F)c3)C2=O)ccc1OCc1ccc(Cl)cc1Cl. The Morgan fingerprint density at radius 3 is 2.53 bits per heavy atom. The van der Waals surface area contributed by atoms with Gasteiger partial charge in [0.2, 0.25) is 0 Å². The number of anilines is 1. The normalized spacial score (nSPS) is 15.1. The maximum Gasteiger partial charge on any atom is 0.416 e. The highest BCUT2D eigenvalue weighted by atomic mass is 35.5. The van der Waals surface area contributed by atoms with Gasteiger partial charge in [0, 0.05) is 15.6 Å². The van der Waals surface area contributed by atoms with E-state index in [0.29, 0.717) is 27.1 Å². The quantitative estimate of drug-likeness (QED) is 0.222. The summed E-state index contributed by atoms with van der Waals surface area (Å²) in [7, 11) is 1.48. The highest BCUT2D eigenvalue weighted by Gasteiger charge is 2.36. The largest absolute Gasteiger partial charge is 0.493 e. The zero-order chi connectivity index (χ0) is 26.0. The van der Waals surface area contributed by atoms with Gasteiger partial charge in [0.15, 0.2) is 15.8 Å². The first kappa shape index (κ1) is 26.3. The van der Waals surface area contributed by atoms with Crippen LogP contribution in [0.1, 0.15) is 16.7 Å². The van der Waals surface area contributed by atoms with Crippen molar-refractivity contribution in [1.29, 1.82) is 0 Å². The van der Waals surface area contributed by atoms with Crippen molar-refractivity contribution in [2.45, 2.75) is 12.8 Å². The fourth-order valence-electron chi connectivity index (χ4n) is 3.35. The molecule has 3 aromatic carbocycles. The molecular weight excluding hydrogens is 554 g/mol. The van der Waals surface area contributed by atoms with E-state index < -0.39 is 17.6 Å². The van der Waals surface area contributed by atoms with Gasteiger partial charge in [-0.05, 0) is 54.1 Å². The van der Waals surface area contributed by atoms with Crippen LogP contribution in [-0.2, 0) is 17.6 Å². The predicted molar refractivity (Wildman–Crippen MR) is 141 cm³/mol. The van der Waals surface area contributed by atoms with E-state index in [-0.39, 0.29) is 21.5 Å². The molecule has 11 heteroatoms. The van der Waals surface area contributed by atoms with Crippen molar-refractivity contribution < 1.29 is 27.4 Å². The summed E-state index contributed by atoms with van der Waals surface area (Å²) in [6.07, 6.45) is -2.94. The average molecular weight is 570 g/mol. The number of amides is 1. The van der Waals surface area contributed by atoms with Gasteiger partial charge in [-0.1, -0.05) is 65.4 Å². The molecule has 0 radical (unpaired) electrons. The Bertz CT molecular complexity index is 1380. The van der Waals surface area contributed by atoms with Gasteiger partial charge in [-0.25, -0.2) is 0 Å². The van der Waals surface area contributed by atoms with E-state index in [2.05, 4.69) is 0 Å². The number of hydrogen-bond donors (Lipinski definition) is 0. The Kier molecular flexibility index (Phi) is 7.85. The molecule has 0 unspecified atom stereocenters.